The number of benzene rings is 1. The number of halogens is 1. The third kappa shape index (κ3) is 5.41. The summed E-state index contributed by atoms with van der Waals surface area (Å²) >= 11 is 3.58. The van der Waals surface area contributed by atoms with Crippen molar-refractivity contribution in [2.75, 3.05) is 7.05 Å². The minimum Gasteiger partial charge on any atom is -0.316 e. The maximum absolute atomic E-state index is 3.58. The second-order valence-corrected chi connectivity index (χ2v) is 7.57. The second-order valence-electron chi connectivity index (χ2n) is 6.65. The van der Waals surface area contributed by atoms with Gasteiger partial charge in [0, 0.05) is 10.5 Å². The van der Waals surface area contributed by atoms with Crippen LogP contribution >= 0.6 is 15.9 Å². The van der Waals surface area contributed by atoms with Crippen molar-refractivity contribution in [1.29, 1.82) is 0 Å². The van der Waals surface area contributed by atoms with Crippen LogP contribution in [0.25, 0.3) is 0 Å². The fraction of sp³-hybridized carbons (Fsp3) is 0.684. The highest BCUT2D eigenvalue weighted by atomic mass is 79.9. The van der Waals surface area contributed by atoms with Crippen molar-refractivity contribution in [3.63, 3.8) is 0 Å². The number of hydrogen-bond acceptors (Lipinski definition) is 1. The highest BCUT2D eigenvalue weighted by Gasteiger charge is 2.26. The van der Waals surface area contributed by atoms with Crippen molar-refractivity contribution in [3.05, 3.63) is 34.3 Å². The van der Waals surface area contributed by atoms with Gasteiger partial charge in [-0.2, -0.15) is 0 Å². The van der Waals surface area contributed by atoms with Gasteiger partial charge in [-0.15, -0.1) is 0 Å². The molecule has 0 amide bonds. The van der Waals surface area contributed by atoms with Crippen molar-refractivity contribution >= 4 is 15.9 Å². The fourth-order valence-electron chi connectivity index (χ4n) is 3.79. The Labute approximate surface area is 139 Å². The number of nitrogens with one attached hydrogen (secondary N) is 1. The van der Waals surface area contributed by atoms with Crippen molar-refractivity contribution in [2.24, 2.45) is 11.8 Å². The van der Waals surface area contributed by atoms with Crippen molar-refractivity contribution in [2.45, 2.75) is 64.3 Å². The zero-order chi connectivity index (χ0) is 15.1. The smallest absolute Gasteiger partial charge is 0.0178 e. The number of hydrogen-bond donors (Lipinski definition) is 1. The number of unbranched alkanes of at least 4 members (excludes halogenated alkanes) is 1. The summed E-state index contributed by atoms with van der Waals surface area (Å²) in [4.78, 5) is 0. The maximum Gasteiger partial charge on any atom is 0.0178 e. The van der Waals surface area contributed by atoms with Gasteiger partial charge in [0.1, 0.15) is 0 Å². The molecule has 1 N–H and O–H groups in total. The standard InChI is InChI=1S/C19H30BrN/c1-3-4-6-15-9-11-17(12-10-15)19(21-2)14-16-7-5-8-18(20)13-16/h5,7-8,13,15,17,19,21H,3-4,6,9-12,14H2,1-2H3. The molecule has 1 atom stereocenters. The van der Waals surface area contributed by atoms with Crippen LogP contribution in [0.2, 0.25) is 0 Å². The topological polar surface area (TPSA) is 12.0 Å². The van der Waals surface area contributed by atoms with Crippen molar-refractivity contribution in [3.8, 4) is 0 Å². The van der Waals surface area contributed by atoms with Crippen LogP contribution in [0.4, 0.5) is 0 Å². The minimum absolute atomic E-state index is 0.631. The molecule has 0 heterocycles. The monoisotopic (exact) mass is 351 g/mol. The summed E-state index contributed by atoms with van der Waals surface area (Å²) in [7, 11) is 2.13. The lowest BCUT2D eigenvalue weighted by atomic mass is 9.75. The third-order valence-corrected chi connectivity index (χ3v) is 5.64. The summed E-state index contributed by atoms with van der Waals surface area (Å²) in [5, 5.41) is 3.58. The van der Waals surface area contributed by atoms with Gasteiger partial charge in [-0.3, -0.25) is 0 Å². The molecule has 1 aliphatic carbocycles. The van der Waals surface area contributed by atoms with E-state index >= 15 is 0 Å². The molecule has 0 aliphatic heterocycles. The Morgan fingerprint density at radius 2 is 2.00 bits per heavy atom. The predicted molar refractivity (Wildman–Crippen MR) is 95.7 cm³/mol. The fourth-order valence-corrected chi connectivity index (χ4v) is 4.24. The normalized spacial score (nSPS) is 24.0. The first-order valence-corrected chi connectivity index (χ1v) is 9.44. The molecule has 1 aromatic rings. The molecule has 1 aliphatic rings. The quantitative estimate of drug-likeness (QED) is 0.676. The molecule has 0 saturated heterocycles. The Bertz CT molecular complexity index is 410. The number of rotatable bonds is 7. The molecule has 2 heteroatoms. The van der Waals surface area contributed by atoms with Gasteiger partial charge in [-0.25, -0.2) is 0 Å². The molecule has 21 heavy (non-hydrogen) atoms. The van der Waals surface area contributed by atoms with E-state index in [2.05, 4.69) is 59.5 Å². The van der Waals surface area contributed by atoms with Crippen LogP contribution in [-0.2, 0) is 6.42 Å². The van der Waals surface area contributed by atoms with E-state index in [1.165, 1.54) is 55.0 Å². The van der Waals surface area contributed by atoms with E-state index in [0.29, 0.717) is 6.04 Å². The molecular formula is C19H30BrN. The van der Waals surface area contributed by atoms with Crippen LogP contribution in [-0.4, -0.2) is 13.1 Å². The Kier molecular flexibility index (Phi) is 7.25. The molecule has 0 spiro atoms. The van der Waals surface area contributed by atoms with Gasteiger partial charge in [-0.05, 0) is 55.8 Å². The van der Waals surface area contributed by atoms with E-state index in [0.717, 1.165) is 18.3 Å². The summed E-state index contributed by atoms with van der Waals surface area (Å²) in [5.74, 6) is 1.86. The molecule has 0 radical (unpaired) electrons. The van der Waals surface area contributed by atoms with E-state index in [-0.39, 0.29) is 0 Å². The molecule has 0 bridgehead atoms. The third-order valence-electron chi connectivity index (χ3n) is 5.14. The zero-order valence-electron chi connectivity index (χ0n) is 13.6. The van der Waals surface area contributed by atoms with Crippen LogP contribution in [0.3, 0.4) is 0 Å². The second kappa shape index (κ2) is 8.95. The molecule has 1 saturated carbocycles. The SMILES string of the molecule is CCCCC1CCC(C(Cc2cccc(Br)c2)NC)CC1. The molecule has 118 valence electrons. The average Bonchev–Trinajstić information content (AvgIpc) is 2.51. The van der Waals surface area contributed by atoms with Crippen LogP contribution in [0.15, 0.2) is 28.7 Å². The highest BCUT2D eigenvalue weighted by Crippen LogP contribution is 2.34. The van der Waals surface area contributed by atoms with E-state index in [4.69, 9.17) is 0 Å². The van der Waals surface area contributed by atoms with Crippen molar-refractivity contribution in [1.82, 2.24) is 5.32 Å². The van der Waals surface area contributed by atoms with Gasteiger partial charge in [0.15, 0.2) is 0 Å². The van der Waals surface area contributed by atoms with Gasteiger partial charge in [-0.1, -0.05) is 67.1 Å². The van der Waals surface area contributed by atoms with Gasteiger partial charge in [0.25, 0.3) is 0 Å². The first-order chi connectivity index (χ1) is 10.2. The highest BCUT2D eigenvalue weighted by molar-refractivity contribution is 9.10. The maximum atomic E-state index is 3.58. The molecule has 1 aromatic carbocycles. The van der Waals surface area contributed by atoms with Crippen LogP contribution in [0, 0.1) is 11.8 Å². The lowest BCUT2D eigenvalue weighted by Gasteiger charge is -2.34. The Morgan fingerprint density at radius 3 is 2.62 bits per heavy atom. The van der Waals surface area contributed by atoms with Gasteiger partial charge in [0.2, 0.25) is 0 Å². The molecular weight excluding hydrogens is 322 g/mol. The first-order valence-electron chi connectivity index (χ1n) is 8.64. The summed E-state index contributed by atoms with van der Waals surface area (Å²) < 4.78 is 1.19. The van der Waals surface area contributed by atoms with Gasteiger partial charge < -0.3 is 5.32 Å². The van der Waals surface area contributed by atoms with Gasteiger partial charge in [0.05, 0.1) is 0 Å². The summed E-state index contributed by atoms with van der Waals surface area (Å²) in [6, 6.07) is 9.40. The molecule has 1 nitrogen and oxygen atoms in total. The van der Waals surface area contributed by atoms with Crippen LogP contribution in [0.5, 0.6) is 0 Å². The van der Waals surface area contributed by atoms with Crippen LogP contribution < -0.4 is 5.32 Å². The lowest BCUT2D eigenvalue weighted by Crippen LogP contribution is -2.37. The Morgan fingerprint density at radius 1 is 1.24 bits per heavy atom. The van der Waals surface area contributed by atoms with E-state index in [1.54, 1.807) is 0 Å². The first kappa shape index (κ1) is 17.0. The molecule has 1 fully saturated rings. The number of likely N-dealkylation sites (N-methyl/N-ethyl adjacent to an activating group) is 1. The molecule has 2 rings (SSSR count). The molecule has 0 aromatic heterocycles. The minimum atomic E-state index is 0.631. The Hall–Kier alpha value is -0.340. The van der Waals surface area contributed by atoms with Gasteiger partial charge >= 0.3 is 0 Å². The summed E-state index contributed by atoms with van der Waals surface area (Å²) in [6.45, 7) is 2.31. The zero-order valence-corrected chi connectivity index (χ0v) is 15.2. The van der Waals surface area contributed by atoms with E-state index in [9.17, 15) is 0 Å². The summed E-state index contributed by atoms with van der Waals surface area (Å²) in [6.07, 6.45) is 11.1. The predicted octanol–water partition coefficient (Wildman–Crippen LogP) is 5.58. The lowest BCUT2D eigenvalue weighted by molar-refractivity contribution is 0.216. The van der Waals surface area contributed by atoms with E-state index < -0.39 is 0 Å². The Balaban J connectivity index is 1.85. The average molecular weight is 352 g/mol. The van der Waals surface area contributed by atoms with E-state index in [1.807, 2.05) is 0 Å². The van der Waals surface area contributed by atoms with Crippen LogP contribution in [0.1, 0.15) is 57.4 Å². The summed E-state index contributed by atoms with van der Waals surface area (Å²) in [5.41, 5.74) is 1.44. The van der Waals surface area contributed by atoms with Crippen molar-refractivity contribution < 1.29 is 0 Å². The largest absolute Gasteiger partial charge is 0.316 e. The molecule has 1 unspecified atom stereocenters.